The Kier molecular flexibility index (Phi) is 6.70. The number of hydrogen-bond donors (Lipinski definition) is 1. The zero-order chi connectivity index (χ0) is 26.0. The van der Waals surface area contributed by atoms with Crippen molar-refractivity contribution in [3.63, 3.8) is 0 Å². The minimum Gasteiger partial charge on any atom is -0.480 e. The van der Waals surface area contributed by atoms with Gasteiger partial charge in [0.25, 0.3) is 0 Å². The van der Waals surface area contributed by atoms with Gasteiger partial charge in [-0.25, -0.2) is 4.79 Å². The molecule has 2 aromatic heterocycles. The van der Waals surface area contributed by atoms with E-state index in [0.29, 0.717) is 29.8 Å². The van der Waals surface area contributed by atoms with Crippen molar-refractivity contribution in [3.8, 4) is 17.0 Å². The van der Waals surface area contributed by atoms with Gasteiger partial charge in [0.1, 0.15) is 12.3 Å². The van der Waals surface area contributed by atoms with E-state index in [-0.39, 0.29) is 18.1 Å². The minimum absolute atomic E-state index is 0.0742. The summed E-state index contributed by atoms with van der Waals surface area (Å²) in [7, 11) is 1.57. The topological polar surface area (TPSA) is 90.1 Å². The number of nitrogens with zero attached hydrogens (tertiary/aromatic N) is 2. The average molecular weight is 499 g/mol. The highest BCUT2D eigenvalue weighted by molar-refractivity contribution is 5.97. The molecule has 190 valence electrons. The van der Waals surface area contributed by atoms with Crippen molar-refractivity contribution >= 4 is 17.6 Å². The number of fused-ring (bicyclic) bond motifs is 1. The number of rotatable bonds is 7. The van der Waals surface area contributed by atoms with E-state index in [9.17, 15) is 14.7 Å². The number of carbonyl (C=O) groups excluding carboxylic acids is 1. The van der Waals surface area contributed by atoms with Gasteiger partial charge >= 0.3 is 11.9 Å². The number of esters is 1. The summed E-state index contributed by atoms with van der Waals surface area (Å²) in [6, 6.07) is 18.7. The second-order valence-electron chi connectivity index (χ2n) is 9.63. The Hall–Kier alpha value is -4.13. The fraction of sp³-hybridized carbons (Fsp3) is 0.300. The number of benzene rings is 2. The van der Waals surface area contributed by atoms with Crippen LogP contribution in [0.4, 0.5) is 0 Å². The number of carbonyl (C=O) groups is 2. The lowest BCUT2D eigenvalue weighted by Crippen LogP contribution is -2.39. The Morgan fingerprint density at radius 3 is 2.49 bits per heavy atom. The molecule has 0 spiro atoms. The molecule has 2 aromatic carbocycles. The molecule has 4 aromatic rings. The molecule has 0 saturated heterocycles. The Bertz CT molecular complexity index is 1450. The zero-order valence-corrected chi connectivity index (χ0v) is 21.1. The fourth-order valence-electron chi connectivity index (χ4n) is 5.38. The summed E-state index contributed by atoms with van der Waals surface area (Å²) in [4.78, 5) is 30.5. The van der Waals surface area contributed by atoms with E-state index >= 15 is 0 Å². The molecule has 0 radical (unpaired) electrons. The van der Waals surface area contributed by atoms with Crippen molar-refractivity contribution in [2.45, 2.75) is 51.0 Å². The van der Waals surface area contributed by atoms with E-state index in [1.165, 1.54) is 0 Å². The third kappa shape index (κ3) is 4.57. The molecular weight excluding hydrogens is 468 g/mol. The predicted octanol–water partition coefficient (Wildman–Crippen LogP) is 5.96. The zero-order valence-electron chi connectivity index (χ0n) is 21.1. The molecule has 1 fully saturated rings. The standard InChI is InChI=1S/C30H30N2O5/c1-20-11-13-23(32-18-26(36-2)31-27(20)32)19-37-29(35)30(15-7-4-8-16-30)22-12-14-24(25(17-22)28(33)34)21-9-5-3-6-10-21/h3,5-6,9-14,17-18H,4,7-8,15-16,19H2,1-2H3,(H,33,34). The number of aryl methyl sites for hydroxylation is 1. The van der Waals surface area contributed by atoms with Gasteiger partial charge in [-0.15, -0.1) is 0 Å². The molecule has 0 bridgehead atoms. The number of hydrogen-bond acceptors (Lipinski definition) is 5. The number of ether oxygens (including phenoxy) is 2. The third-order valence-electron chi connectivity index (χ3n) is 7.42. The predicted molar refractivity (Wildman–Crippen MR) is 140 cm³/mol. The third-order valence-corrected chi connectivity index (χ3v) is 7.42. The van der Waals surface area contributed by atoms with E-state index < -0.39 is 11.4 Å². The van der Waals surface area contributed by atoms with Crippen LogP contribution in [0.25, 0.3) is 16.8 Å². The van der Waals surface area contributed by atoms with Gasteiger partial charge in [0, 0.05) is 0 Å². The highest BCUT2D eigenvalue weighted by Crippen LogP contribution is 2.42. The maximum absolute atomic E-state index is 13.8. The van der Waals surface area contributed by atoms with E-state index in [1.807, 2.05) is 65.9 Å². The van der Waals surface area contributed by atoms with Gasteiger partial charge in [-0.1, -0.05) is 67.8 Å². The number of carboxylic acid groups (broad SMARTS) is 1. The van der Waals surface area contributed by atoms with Gasteiger partial charge in [-0.2, -0.15) is 4.98 Å². The molecule has 0 unspecified atom stereocenters. The van der Waals surface area contributed by atoms with Crippen molar-refractivity contribution in [2.75, 3.05) is 7.11 Å². The minimum atomic E-state index is -1.02. The second kappa shape index (κ2) is 10.1. The average Bonchev–Trinajstić information content (AvgIpc) is 3.39. The SMILES string of the molecule is COc1cn2c(COC(=O)C3(c4ccc(-c5ccccc5)c(C(=O)O)c4)CCCCC3)ccc(C)c2n1. The Morgan fingerprint density at radius 2 is 1.78 bits per heavy atom. The number of pyridine rings is 1. The van der Waals surface area contributed by atoms with Crippen LogP contribution in [0, 0.1) is 6.92 Å². The highest BCUT2D eigenvalue weighted by atomic mass is 16.5. The smallest absolute Gasteiger partial charge is 0.336 e. The molecule has 2 heterocycles. The Balaban J connectivity index is 1.48. The van der Waals surface area contributed by atoms with Crippen LogP contribution in [0.2, 0.25) is 0 Å². The van der Waals surface area contributed by atoms with Crippen LogP contribution in [0.15, 0.2) is 66.9 Å². The summed E-state index contributed by atoms with van der Waals surface area (Å²) in [5.41, 5.74) is 3.98. The molecule has 1 N–H and O–H groups in total. The Morgan fingerprint density at radius 1 is 1.03 bits per heavy atom. The summed E-state index contributed by atoms with van der Waals surface area (Å²) in [5, 5.41) is 10.0. The molecule has 0 aliphatic heterocycles. The maximum Gasteiger partial charge on any atom is 0.336 e. The summed E-state index contributed by atoms with van der Waals surface area (Å²) in [5.74, 6) is -0.849. The first kappa shape index (κ1) is 24.6. The summed E-state index contributed by atoms with van der Waals surface area (Å²) >= 11 is 0. The van der Waals surface area contributed by atoms with Crippen molar-refractivity contribution in [1.29, 1.82) is 0 Å². The van der Waals surface area contributed by atoms with Crippen LogP contribution in [0.5, 0.6) is 5.88 Å². The van der Waals surface area contributed by atoms with Crippen LogP contribution in [-0.4, -0.2) is 33.5 Å². The summed E-state index contributed by atoms with van der Waals surface area (Å²) in [6.07, 6.45) is 5.83. The lowest BCUT2D eigenvalue weighted by Gasteiger charge is -2.35. The van der Waals surface area contributed by atoms with Gasteiger partial charge < -0.3 is 14.6 Å². The fourth-order valence-corrected chi connectivity index (χ4v) is 5.38. The normalized spacial score (nSPS) is 14.9. The summed E-state index contributed by atoms with van der Waals surface area (Å²) < 4.78 is 13.1. The molecule has 7 heteroatoms. The van der Waals surface area contributed by atoms with Crippen molar-refractivity contribution in [2.24, 2.45) is 0 Å². The highest BCUT2D eigenvalue weighted by Gasteiger charge is 2.43. The quantitative estimate of drug-likeness (QED) is 0.316. The van der Waals surface area contributed by atoms with E-state index in [0.717, 1.165) is 41.7 Å². The number of carboxylic acids is 1. The number of imidazole rings is 1. The molecule has 0 amide bonds. The lowest BCUT2D eigenvalue weighted by molar-refractivity contribution is -0.153. The van der Waals surface area contributed by atoms with E-state index in [4.69, 9.17) is 9.47 Å². The first-order valence-corrected chi connectivity index (χ1v) is 12.5. The largest absolute Gasteiger partial charge is 0.480 e. The van der Waals surface area contributed by atoms with Crippen molar-refractivity contribution in [1.82, 2.24) is 9.38 Å². The van der Waals surface area contributed by atoms with Gasteiger partial charge in [0.2, 0.25) is 5.88 Å². The van der Waals surface area contributed by atoms with Crippen LogP contribution in [-0.2, 0) is 21.6 Å². The van der Waals surface area contributed by atoms with Crippen LogP contribution >= 0.6 is 0 Å². The van der Waals surface area contributed by atoms with E-state index in [2.05, 4.69) is 4.98 Å². The van der Waals surface area contributed by atoms with Crippen LogP contribution in [0.3, 0.4) is 0 Å². The number of methoxy groups -OCH3 is 1. The molecular formula is C30H30N2O5. The van der Waals surface area contributed by atoms with Gasteiger partial charge in [0.15, 0.2) is 0 Å². The maximum atomic E-state index is 13.8. The van der Waals surface area contributed by atoms with Gasteiger partial charge in [-0.3, -0.25) is 9.20 Å². The molecule has 1 aliphatic rings. The second-order valence-corrected chi connectivity index (χ2v) is 9.63. The van der Waals surface area contributed by atoms with Crippen molar-refractivity contribution in [3.05, 3.63) is 89.2 Å². The summed E-state index contributed by atoms with van der Waals surface area (Å²) in [6.45, 7) is 2.04. The number of aromatic carboxylic acids is 1. The molecule has 1 saturated carbocycles. The van der Waals surface area contributed by atoms with Gasteiger partial charge in [-0.05, 0) is 54.2 Å². The molecule has 7 nitrogen and oxygen atoms in total. The first-order valence-electron chi connectivity index (χ1n) is 12.5. The molecule has 0 atom stereocenters. The molecule has 1 aliphatic carbocycles. The van der Waals surface area contributed by atoms with Crippen molar-refractivity contribution < 1.29 is 24.2 Å². The van der Waals surface area contributed by atoms with Gasteiger partial charge in [0.05, 0.1) is 30.0 Å². The molecule has 5 rings (SSSR count). The monoisotopic (exact) mass is 498 g/mol. The number of aromatic nitrogens is 2. The van der Waals surface area contributed by atoms with Crippen LogP contribution < -0.4 is 4.74 Å². The van der Waals surface area contributed by atoms with E-state index in [1.54, 1.807) is 19.4 Å². The Labute approximate surface area is 215 Å². The first-order chi connectivity index (χ1) is 17.9. The lowest BCUT2D eigenvalue weighted by atomic mass is 9.69. The van der Waals surface area contributed by atoms with Crippen LogP contribution in [0.1, 0.15) is 59.3 Å². The molecule has 37 heavy (non-hydrogen) atoms.